The zero-order valence-electron chi connectivity index (χ0n) is 17.9. The van der Waals surface area contributed by atoms with Crippen molar-refractivity contribution in [3.05, 3.63) is 76.6 Å². The summed E-state index contributed by atoms with van der Waals surface area (Å²) in [5, 5.41) is 10.7. The molecule has 4 nitrogen and oxygen atoms in total. The minimum absolute atomic E-state index is 0.0665. The molecule has 31 heavy (non-hydrogen) atoms. The lowest BCUT2D eigenvalue weighted by Crippen LogP contribution is -2.62. The number of aromatic nitrogens is 1. The molecule has 1 N–H and O–H groups in total. The highest BCUT2D eigenvalue weighted by molar-refractivity contribution is 5.68. The van der Waals surface area contributed by atoms with E-state index < -0.39 is 0 Å². The standard InChI is InChI=1S/C27H26N2O2/c1-15-5-3-4-6-19(15)18-11-17-12-20-21-13-16-7-8-22(30)25-23(16)27(20,9-10-29(21)2)26(31-25)24(17)28-14-18/h3-8,11,14,20-21,26,30H,9-10,12-13H2,1-2H3/t20-,21-,26-,27-/m0/s1. The highest BCUT2D eigenvalue weighted by atomic mass is 16.5. The van der Waals surface area contributed by atoms with Gasteiger partial charge >= 0.3 is 0 Å². The number of likely N-dealkylation sites (tertiary alicyclic amines) is 1. The number of pyridine rings is 1. The van der Waals surface area contributed by atoms with Crippen molar-refractivity contribution in [1.29, 1.82) is 0 Å². The zero-order chi connectivity index (χ0) is 20.9. The Morgan fingerprint density at radius 2 is 2.00 bits per heavy atom. The molecule has 4 heteroatoms. The first-order valence-electron chi connectivity index (χ1n) is 11.3. The van der Waals surface area contributed by atoms with Gasteiger partial charge in [-0.3, -0.25) is 4.98 Å². The summed E-state index contributed by atoms with van der Waals surface area (Å²) in [6, 6.07) is 15.3. The number of aromatic hydroxyl groups is 1. The van der Waals surface area contributed by atoms with Crippen LogP contribution < -0.4 is 4.74 Å². The quantitative estimate of drug-likeness (QED) is 0.639. The molecule has 0 amide bonds. The van der Waals surface area contributed by atoms with E-state index in [1.165, 1.54) is 33.4 Å². The van der Waals surface area contributed by atoms with Crippen molar-refractivity contribution in [1.82, 2.24) is 9.88 Å². The Hall–Kier alpha value is -2.85. The van der Waals surface area contributed by atoms with Gasteiger partial charge in [-0.15, -0.1) is 0 Å². The molecule has 1 saturated heterocycles. The SMILES string of the molecule is Cc1ccccc1-c1cnc2c(c1)C[C@H]1[C@@H]3Cc4ccc(O)c5c4[C@@]1(CCN3C)[C@H]2O5. The van der Waals surface area contributed by atoms with Gasteiger partial charge in [0.25, 0.3) is 0 Å². The molecule has 2 aliphatic heterocycles. The van der Waals surface area contributed by atoms with Gasteiger partial charge < -0.3 is 14.7 Å². The summed E-state index contributed by atoms with van der Waals surface area (Å²) in [5.74, 6) is 1.47. The summed E-state index contributed by atoms with van der Waals surface area (Å²) in [4.78, 5) is 7.57. The molecule has 1 spiro atoms. The van der Waals surface area contributed by atoms with Crippen molar-refractivity contribution < 1.29 is 9.84 Å². The lowest BCUT2D eigenvalue weighted by Gasteiger charge is -2.57. The van der Waals surface area contributed by atoms with E-state index in [4.69, 9.17) is 9.72 Å². The van der Waals surface area contributed by atoms with E-state index >= 15 is 0 Å². The fourth-order valence-electron chi connectivity index (χ4n) is 7.11. The van der Waals surface area contributed by atoms with E-state index in [9.17, 15) is 5.11 Å². The number of likely N-dealkylation sites (N-methyl/N-ethyl adjacent to an activating group) is 1. The van der Waals surface area contributed by atoms with Crippen LogP contribution in [-0.4, -0.2) is 34.6 Å². The molecular formula is C27H26N2O2. The second-order valence-electron chi connectivity index (χ2n) is 9.88. The molecule has 2 aromatic carbocycles. The number of aryl methyl sites for hydroxylation is 1. The van der Waals surface area contributed by atoms with Crippen LogP contribution >= 0.6 is 0 Å². The van der Waals surface area contributed by atoms with Gasteiger partial charge in [0.1, 0.15) is 0 Å². The molecule has 4 atom stereocenters. The molecule has 1 aromatic heterocycles. The topological polar surface area (TPSA) is 45.6 Å². The molecule has 0 radical (unpaired) electrons. The maximum absolute atomic E-state index is 10.7. The summed E-state index contributed by atoms with van der Waals surface area (Å²) < 4.78 is 6.61. The second kappa shape index (κ2) is 5.89. The smallest absolute Gasteiger partial charge is 0.166 e. The molecule has 3 aromatic rings. The maximum Gasteiger partial charge on any atom is 0.166 e. The minimum atomic E-state index is -0.106. The summed E-state index contributed by atoms with van der Waals surface area (Å²) in [5.41, 5.74) is 8.64. The van der Waals surface area contributed by atoms with Crippen LogP contribution in [0.3, 0.4) is 0 Å². The highest BCUT2D eigenvalue weighted by Gasteiger charge is 2.64. The third kappa shape index (κ3) is 2.11. The first-order chi connectivity index (χ1) is 15.1. The highest BCUT2D eigenvalue weighted by Crippen LogP contribution is 2.66. The monoisotopic (exact) mass is 410 g/mol. The second-order valence-corrected chi connectivity index (χ2v) is 9.88. The number of hydrogen-bond acceptors (Lipinski definition) is 4. The van der Waals surface area contributed by atoms with Gasteiger partial charge in [0.05, 0.1) is 5.69 Å². The number of fused-ring (bicyclic) bond motifs is 2. The van der Waals surface area contributed by atoms with E-state index in [0.717, 1.165) is 31.5 Å². The van der Waals surface area contributed by atoms with Crippen molar-refractivity contribution in [2.75, 3.05) is 13.6 Å². The third-order valence-electron chi connectivity index (χ3n) is 8.54. The number of rotatable bonds is 1. The van der Waals surface area contributed by atoms with Crippen molar-refractivity contribution in [3.63, 3.8) is 0 Å². The van der Waals surface area contributed by atoms with E-state index in [2.05, 4.69) is 55.3 Å². The zero-order valence-corrected chi connectivity index (χ0v) is 17.9. The molecule has 7 rings (SSSR count). The van der Waals surface area contributed by atoms with E-state index in [1.54, 1.807) is 0 Å². The molecule has 0 unspecified atom stereocenters. The Kier molecular flexibility index (Phi) is 3.38. The number of benzene rings is 2. The van der Waals surface area contributed by atoms with Crippen molar-refractivity contribution in [3.8, 4) is 22.6 Å². The summed E-state index contributed by atoms with van der Waals surface area (Å²) in [6.45, 7) is 3.22. The Balaban J connectivity index is 1.45. The van der Waals surface area contributed by atoms with Crippen LogP contribution in [0.2, 0.25) is 0 Å². The van der Waals surface area contributed by atoms with Crippen LogP contribution in [0.5, 0.6) is 11.5 Å². The van der Waals surface area contributed by atoms with Gasteiger partial charge in [0.2, 0.25) is 0 Å². The van der Waals surface area contributed by atoms with Gasteiger partial charge in [-0.25, -0.2) is 0 Å². The van der Waals surface area contributed by atoms with Gasteiger partial charge in [-0.1, -0.05) is 30.3 Å². The molecule has 3 heterocycles. The van der Waals surface area contributed by atoms with Crippen molar-refractivity contribution >= 4 is 0 Å². The lowest BCUT2D eigenvalue weighted by molar-refractivity contribution is -0.0260. The number of phenolic OH excluding ortho intramolecular Hbond substituents is 1. The molecular weight excluding hydrogens is 384 g/mol. The Morgan fingerprint density at radius 1 is 1.13 bits per heavy atom. The predicted molar refractivity (Wildman–Crippen MR) is 119 cm³/mol. The number of hydrogen-bond donors (Lipinski definition) is 1. The molecule has 156 valence electrons. The Bertz CT molecular complexity index is 1250. The number of ether oxygens (including phenoxy) is 1. The molecule has 2 aliphatic carbocycles. The number of piperidine rings is 1. The van der Waals surface area contributed by atoms with E-state index in [-0.39, 0.29) is 17.3 Å². The normalized spacial score (nSPS) is 29.8. The van der Waals surface area contributed by atoms with Crippen LogP contribution in [0.25, 0.3) is 11.1 Å². The average Bonchev–Trinajstić information content (AvgIpc) is 3.13. The van der Waals surface area contributed by atoms with Crippen molar-refractivity contribution in [2.24, 2.45) is 5.92 Å². The van der Waals surface area contributed by atoms with Crippen LogP contribution in [0, 0.1) is 12.8 Å². The van der Waals surface area contributed by atoms with Gasteiger partial charge in [0.15, 0.2) is 17.6 Å². The Labute approximate surface area is 182 Å². The predicted octanol–water partition coefficient (Wildman–Crippen LogP) is 4.57. The maximum atomic E-state index is 10.7. The van der Waals surface area contributed by atoms with Gasteiger partial charge in [-0.05, 0) is 80.1 Å². The van der Waals surface area contributed by atoms with Crippen LogP contribution in [0.1, 0.15) is 40.5 Å². The largest absolute Gasteiger partial charge is 0.504 e. The fraction of sp³-hybridized carbons (Fsp3) is 0.370. The number of phenols is 1. The average molecular weight is 411 g/mol. The summed E-state index contributed by atoms with van der Waals surface area (Å²) in [7, 11) is 2.27. The van der Waals surface area contributed by atoms with Crippen LogP contribution in [-0.2, 0) is 18.3 Å². The summed E-state index contributed by atoms with van der Waals surface area (Å²) >= 11 is 0. The Morgan fingerprint density at radius 3 is 2.87 bits per heavy atom. The third-order valence-corrected chi connectivity index (χ3v) is 8.54. The summed E-state index contributed by atoms with van der Waals surface area (Å²) in [6.07, 6.45) is 5.01. The van der Waals surface area contributed by atoms with E-state index in [1.807, 2.05) is 12.3 Å². The fourth-order valence-corrected chi connectivity index (χ4v) is 7.11. The van der Waals surface area contributed by atoms with Gasteiger partial charge in [-0.2, -0.15) is 0 Å². The first-order valence-corrected chi connectivity index (χ1v) is 11.3. The van der Waals surface area contributed by atoms with E-state index in [0.29, 0.717) is 17.7 Å². The first kappa shape index (κ1) is 17.8. The molecule has 0 saturated carbocycles. The minimum Gasteiger partial charge on any atom is -0.504 e. The molecule has 2 bridgehead atoms. The molecule has 4 aliphatic rings. The van der Waals surface area contributed by atoms with Crippen LogP contribution in [0.15, 0.2) is 48.7 Å². The van der Waals surface area contributed by atoms with Crippen LogP contribution in [0.4, 0.5) is 0 Å². The molecule has 1 fully saturated rings. The van der Waals surface area contributed by atoms with Gasteiger partial charge in [0, 0.05) is 28.8 Å². The van der Waals surface area contributed by atoms with Crippen molar-refractivity contribution in [2.45, 2.75) is 43.7 Å². The lowest BCUT2D eigenvalue weighted by atomic mass is 9.51. The number of nitrogens with zero attached hydrogens (tertiary/aromatic N) is 2.